The van der Waals surface area contributed by atoms with Gasteiger partial charge in [-0.3, -0.25) is 18.7 Å². The molecular formula is C19H22ClN3O6. The lowest BCUT2D eigenvalue weighted by Crippen LogP contribution is -2.43. The summed E-state index contributed by atoms with van der Waals surface area (Å²) in [5, 5.41) is 0.564. The van der Waals surface area contributed by atoms with Gasteiger partial charge in [-0.2, -0.15) is 0 Å². The minimum atomic E-state index is -0.839. The summed E-state index contributed by atoms with van der Waals surface area (Å²) in [4.78, 5) is 48.7. The molecule has 0 aliphatic heterocycles. The Bertz CT molecular complexity index is 1060. The van der Waals surface area contributed by atoms with Crippen molar-refractivity contribution in [2.45, 2.75) is 26.8 Å². The molecule has 9 nitrogen and oxygen atoms in total. The van der Waals surface area contributed by atoms with E-state index >= 15 is 0 Å². The van der Waals surface area contributed by atoms with Crippen LogP contribution < -0.4 is 21.7 Å². The van der Waals surface area contributed by atoms with Gasteiger partial charge in [0.15, 0.2) is 13.2 Å². The highest BCUT2D eigenvalue weighted by molar-refractivity contribution is 6.31. The first-order chi connectivity index (χ1) is 13.7. The maximum Gasteiger partial charge on any atom is 0.344 e. The molecule has 0 fully saturated rings. The fraction of sp³-hybridized carbons (Fsp3) is 0.368. The summed E-state index contributed by atoms with van der Waals surface area (Å²) in [7, 11) is 1.25. The summed E-state index contributed by atoms with van der Waals surface area (Å²) in [6.45, 7) is 2.72. The quantitative estimate of drug-likeness (QED) is 0.501. The van der Waals surface area contributed by atoms with Gasteiger partial charge in [0, 0.05) is 18.6 Å². The van der Waals surface area contributed by atoms with Gasteiger partial charge < -0.3 is 15.2 Å². The van der Waals surface area contributed by atoms with E-state index in [9.17, 15) is 19.2 Å². The van der Waals surface area contributed by atoms with E-state index in [1.807, 2.05) is 6.92 Å². The van der Waals surface area contributed by atoms with Gasteiger partial charge in [0.2, 0.25) is 5.78 Å². The number of aryl methyl sites for hydroxylation is 1. The molecule has 0 atom stereocenters. The van der Waals surface area contributed by atoms with E-state index in [4.69, 9.17) is 26.8 Å². The molecule has 156 valence electrons. The van der Waals surface area contributed by atoms with Crippen molar-refractivity contribution in [1.29, 1.82) is 0 Å². The van der Waals surface area contributed by atoms with E-state index in [0.29, 0.717) is 17.2 Å². The molecule has 0 saturated heterocycles. The Hall–Kier alpha value is -3.07. The molecule has 2 aromatic rings. The van der Waals surface area contributed by atoms with Crippen LogP contribution in [0.4, 0.5) is 5.82 Å². The average Bonchev–Trinajstić information content (AvgIpc) is 2.69. The summed E-state index contributed by atoms with van der Waals surface area (Å²) >= 11 is 5.92. The number of nitrogen functional groups attached to an aromatic ring is 1. The van der Waals surface area contributed by atoms with Crippen molar-refractivity contribution in [3.8, 4) is 5.75 Å². The average molecular weight is 424 g/mol. The van der Waals surface area contributed by atoms with Crippen LogP contribution in [-0.4, -0.2) is 34.1 Å². The highest BCUT2D eigenvalue weighted by Gasteiger charge is 2.22. The highest BCUT2D eigenvalue weighted by atomic mass is 35.5. The van der Waals surface area contributed by atoms with Gasteiger partial charge in [-0.25, -0.2) is 9.59 Å². The lowest BCUT2D eigenvalue weighted by Gasteiger charge is -2.14. The number of carbonyl (C=O) groups is 2. The first-order valence-corrected chi connectivity index (χ1v) is 9.22. The van der Waals surface area contributed by atoms with Gasteiger partial charge in [0.25, 0.3) is 5.56 Å². The number of Topliss-reactive ketones (excluding diaryl/α,β-unsaturated/α-hetero) is 1. The Morgan fingerprint density at radius 1 is 1.21 bits per heavy atom. The number of nitrogens with zero attached hydrogens (tertiary/aromatic N) is 2. The van der Waals surface area contributed by atoms with E-state index in [1.54, 1.807) is 25.1 Å². The fourth-order valence-electron chi connectivity index (χ4n) is 2.59. The van der Waals surface area contributed by atoms with Gasteiger partial charge in [0.1, 0.15) is 17.1 Å². The number of halogens is 1. The molecule has 0 spiro atoms. The van der Waals surface area contributed by atoms with Crippen LogP contribution in [-0.2, 0) is 23.1 Å². The number of ketones is 1. The zero-order valence-corrected chi connectivity index (χ0v) is 17.1. The van der Waals surface area contributed by atoms with Crippen LogP contribution in [0.5, 0.6) is 5.75 Å². The second kappa shape index (κ2) is 9.42. The summed E-state index contributed by atoms with van der Waals surface area (Å²) < 4.78 is 12.1. The number of ether oxygens (including phenoxy) is 2. The smallest absolute Gasteiger partial charge is 0.344 e. The molecular weight excluding hydrogens is 402 g/mol. The monoisotopic (exact) mass is 423 g/mol. The van der Waals surface area contributed by atoms with Crippen LogP contribution in [0, 0.1) is 6.92 Å². The van der Waals surface area contributed by atoms with Gasteiger partial charge >= 0.3 is 11.7 Å². The molecule has 0 radical (unpaired) electrons. The van der Waals surface area contributed by atoms with Crippen LogP contribution >= 0.6 is 11.6 Å². The maximum atomic E-state index is 12.4. The highest BCUT2D eigenvalue weighted by Crippen LogP contribution is 2.20. The topological polar surface area (TPSA) is 123 Å². The van der Waals surface area contributed by atoms with Crippen molar-refractivity contribution in [1.82, 2.24) is 9.13 Å². The summed E-state index contributed by atoms with van der Waals surface area (Å²) in [5.41, 5.74) is 4.80. The van der Waals surface area contributed by atoms with Gasteiger partial charge in [-0.1, -0.05) is 18.5 Å². The van der Waals surface area contributed by atoms with Crippen molar-refractivity contribution in [2.24, 2.45) is 7.05 Å². The molecule has 10 heteroatoms. The van der Waals surface area contributed by atoms with Crippen LogP contribution in [0.25, 0.3) is 0 Å². The van der Waals surface area contributed by atoms with E-state index in [0.717, 1.165) is 14.7 Å². The summed E-state index contributed by atoms with van der Waals surface area (Å²) in [5.74, 6) is -1.43. The lowest BCUT2D eigenvalue weighted by atomic mass is 10.2. The number of aromatic nitrogens is 2. The molecule has 2 N–H and O–H groups in total. The number of hydrogen-bond acceptors (Lipinski definition) is 7. The number of nitrogens with two attached hydrogens (primary N) is 1. The van der Waals surface area contributed by atoms with Crippen LogP contribution in [0.2, 0.25) is 5.02 Å². The molecule has 29 heavy (non-hydrogen) atoms. The molecule has 1 aromatic carbocycles. The molecule has 0 amide bonds. The third-order valence-electron chi connectivity index (χ3n) is 4.16. The largest absolute Gasteiger partial charge is 0.482 e. The number of benzene rings is 1. The molecule has 1 heterocycles. The zero-order valence-electron chi connectivity index (χ0n) is 16.4. The minimum Gasteiger partial charge on any atom is -0.482 e. The van der Waals surface area contributed by atoms with Crippen molar-refractivity contribution in [3.05, 3.63) is 55.2 Å². The van der Waals surface area contributed by atoms with Crippen LogP contribution in [0.15, 0.2) is 27.8 Å². The molecule has 0 unspecified atom stereocenters. The minimum absolute atomic E-state index is 0.242. The van der Waals surface area contributed by atoms with Gasteiger partial charge in [-0.15, -0.1) is 0 Å². The number of anilines is 1. The molecule has 2 rings (SSSR count). The number of carbonyl (C=O) groups excluding carboxylic acids is 2. The molecule has 1 aromatic heterocycles. The molecule has 0 aliphatic carbocycles. The lowest BCUT2D eigenvalue weighted by molar-refractivity contribution is -0.144. The Balaban J connectivity index is 2.07. The number of hydrogen-bond donors (Lipinski definition) is 1. The van der Waals surface area contributed by atoms with E-state index in [1.165, 1.54) is 7.05 Å². The SMILES string of the molecule is CCCn1c(N)c(C(=O)COC(=O)COc2ccc(Cl)c(C)c2)c(=O)n(C)c1=O. The Morgan fingerprint density at radius 2 is 1.90 bits per heavy atom. The van der Waals surface area contributed by atoms with E-state index in [2.05, 4.69) is 0 Å². The van der Waals surface area contributed by atoms with Crippen molar-refractivity contribution >= 4 is 29.2 Å². The fourth-order valence-corrected chi connectivity index (χ4v) is 2.71. The van der Waals surface area contributed by atoms with Crippen LogP contribution in [0.1, 0.15) is 29.3 Å². The predicted octanol–water partition coefficient (Wildman–Crippen LogP) is 1.31. The third-order valence-corrected chi connectivity index (χ3v) is 4.58. The van der Waals surface area contributed by atoms with Gasteiger partial charge in [0.05, 0.1) is 0 Å². The predicted molar refractivity (Wildman–Crippen MR) is 108 cm³/mol. The Labute approximate surface area is 171 Å². The normalized spacial score (nSPS) is 10.6. The van der Waals surface area contributed by atoms with Crippen molar-refractivity contribution in [2.75, 3.05) is 18.9 Å². The second-order valence-electron chi connectivity index (χ2n) is 6.34. The van der Waals surface area contributed by atoms with Gasteiger partial charge in [-0.05, 0) is 37.1 Å². The first kappa shape index (κ1) is 22.2. The van der Waals surface area contributed by atoms with Crippen molar-refractivity contribution < 1.29 is 19.1 Å². The standard InChI is InChI=1S/C19H22ClN3O6/c1-4-7-23-17(21)16(18(26)22(3)19(23)27)14(24)9-29-15(25)10-28-12-5-6-13(20)11(2)8-12/h5-6,8H,4,7,9-10,21H2,1-3H3. The Morgan fingerprint density at radius 3 is 2.52 bits per heavy atom. The maximum absolute atomic E-state index is 12.4. The summed E-state index contributed by atoms with van der Waals surface area (Å²) in [6.07, 6.45) is 0.576. The van der Waals surface area contributed by atoms with Crippen LogP contribution in [0.3, 0.4) is 0 Å². The first-order valence-electron chi connectivity index (χ1n) is 8.84. The second-order valence-corrected chi connectivity index (χ2v) is 6.75. The number of rotatable bonds is 8. The number of esters is 1. The van der Waals surface area contributed by atoms with Crippen molar-refractivity contribution in [3.63, 3.8) is 0 Å². The van der Waals surface area contributed by atoms with E-state index in [-0.39, 0.29) is 17.9 Å². The Kier molecular flexibility index (Phi) is 7.22. The molecule has 0 saturated carbocycles. The van der Waals surface area contributed by atoms with E-state index < -0.39 is 36.2 Å². The molecule has 0 bridgehead atoms. The summed E-state index contributed by atoms with van der Waals surface area (Å²) in [6, 6.07) is 4.88. The third kappa shape index (κ3) is 5.05. The molecule has 0 aliphatic rings. The zero-order chi connectivity index (χ0) is 21.7.